The molecule has 0 atom stereocenters. The van der Waals surface area contributed by atoms with Crippen molar-refractivity contribution in [2.24, 2.45) is 14.1 Å². The number of hydrogen-bond acceptors (Lipinski definition) is 5. The van der Waals surface area contributed by atoms with Gasteiger partial charge in [-0.15, -0.1) is 0 Å². The van der Waals surface area contributed by atoms with Gasteiger partial charge in [0.05, 0.1) is 6.54 Å². The summed E-state index contributed by atoms with van der Waals surface area (Å²) in [4.78, 5) is 30.1. The zero-order chi connectivity index (χ0) is 19.7. The van der Waals surface area contributed by atoms with Crippen LogP contribution >= 0.6 is 23.2 Å². The Kier molecular flexibility index (Phi) is 5.59. The van der Waals surface area contributed by atoms with Crippen LogP contribution in [0.1, 0.15) is 12.0 Å². The molecule has 0 unspecified atom stereocenters. The first-order valence-electron chi connectivity index (χ1n) is 8.30. The molecule has 2 N–H and O–H groups in total. The summed E-state index contributed by atoms with van der Waals surface area (Å²) in [5.41, 5.74) is 0.261. The first kappa shape index (κ1) is 19.5. The fourth-order valence-electron chi connectivity index (χ4n) is 2.84. The molecule has 0 bridgehead atoms. The zero-order valence-corrected chi connectivity index (χ0v) is 16.4. The second kappa shape index (κ2) is 7.75. The molecule has 1 aromatic carbocycles. The third-order valence-corrected chi connectivity index (χ3v) is 4.91. The van der Waals surface area contributed by atoms with Crippen molar-refractivity contribution in [3.63, 3.8) is 0 Å². The molecule has 2 heterocycles. The minimum Gasteiger partial charge on any atom is -0.396 e. The number of aryl methyl sites for hydroxylation is 2. The maximum absolute atomic E-state index is 13.0. The minimum atomic E-state index is -0.487. The van der Waals surface area contributed by atoms with Gasteiger partial charge in [-0.25, -0.2) is 4.79 Å². The van der Waals surface area contributed by atoms with Crippen molar-refractivity contribution in [3.8, 4) is 0 Å². The average molecular weight is 412 g/mol. The van der Waals surface area contributed by atoms with Crippen LogP contribution in [0.25, 0.3) is 11.2 Å². The summed E-state index contributed by atoms with van der Waals surface area (Å²) in [5.74, 6) is 0.452. The maximum atomic E-state index is 13.0. The lowest BCUT2D eigenvalue weighted by Crippen LogP contribution is -2.39. The molecule has 0 radical (unpaired) electrons. The molecule has 144 valence electrons. The van der Waals surface area contributed by atoms with Crippen LogP contribution < -0.4 is 16.6 Å². The molecule has 8 nitrogen and oxygen atoms in total. The van der Waals surface area contributed by atoms with E-state index in [2.05, 4.69) is 10.3 Å². The topological polar surface area (TPSA) is 94.1 Å². The molecule has 2 aromatic heterocycles. The van der Waals surface area contributed by atoms with Gasteiger partial charge < -0.3 is 15.0 Å². The average Bonchev–Trinajstić information content (AvgIpc) is 2.96. The van der Waals surface area contributed by atoms with Gasteiger partial charge in [0.25, 0.3) is 5.56 Å². The summed E-state index contributed by atoms with van der Waals surface area (Å²) < 4.78 is 4.06. The Balaban J connectivity index is 2.13. The summed E-state index contributed by atoms with van der Waals surface area (Å²) in [6.45, 7) is 0.566. The van der Waals surface area contributed by atoms with Gasteiger partial charge in [-0.2, -0.15) is 4.98 Å². The maximum Gasteiger partial charge on any atom is 0.332 e. The number of nitrogens with one attached hydrogen (secondary N) is 1. The molecule has 0 spiro atoms. The van der Waals surface area contributed by atoms with Gasteiger partial charge in [0, 0.05) is 37.3 Å². The second-order valence-electron chi connectivity index (χ2n) is 6.14. The Morgan fingerprint density at radius 3 is 2.59 bits per heavy atom. The predicted octanol–water partition coefficient (Wildman–Crippen LogP) is 1.58. The molecule has 10 heteroatoms. The number of fused-ring (bicyclic) bond motifs is 1. The van der Waals surface area contributed by atoms with Crippen LogP contribution in [0.3, 0.4) is 0 Å². The monoisotopic (exact) mass is 411 g/mol. The van der Waals surface area contributed by atoms with Gasteiger partial charge in [0.2, 0.25) is 5.95 Å². The lowest BCUT2D eigenvalue weighted by Gasteiger charge is -2.10. The first-order valence-corrected chi connectivity index (χ1v) is 9.05. The number of aliphatic hydroxyl groups is 1. The van der Waals surface area contributed by atoms with E-state index in [1.54, 1.807) is 36.9 Å². The van der Waals surface area contributed by atoms with E-state index >= 15 is 0 Å². The summed E-state index contributed by atoms with van der Waals surface area (Å²) >= 11 is 12.1. The van der Waals surface area contributed by atoms with E-state index in [1.807, 2.05) is 0 Å². The van der Waals surface area contributed by atoms with Crippen LogP contribution in [-0.2, 0) is 20.6 Å². The molecule has 0 aliphatic heterocycles. The fourth-order valence-corrected chi connectivity index (χ4v) is 3.31. The normalized spacial score (nSPS) is 11.3. The zero-order valence-electron chi connectivity index (χ0n) is 14.9. The molecule has 0 aliphatic rings. The van der Waals surface area contributed by atoms with E-state index in [4.69, 9.17) is 28.3 Å². The van der Waals surface area contributed by atoms with E-state index in [1.165, 1.54) is 4.57 Å². The number of anilines is 1. The molecule has 0 aliphatic carbocycles. The Bertz CT molecular complexity index is 1120. The third kappa shape index (κ3) is 3.60. The number of aliphatic hydroxyl groups excluding tert-OH is 1. The Labute approximate surface area is 164 Å². The predicted molar refractivity (Wildman–Crippen MR) is 106 cm³/mol. The Morgan fingerprint density at radius 1 is 1.19 bits per heavy atom. The van der Waals surface area contributed by atoms with E-state index in [-0.39, 0.29) is 18.8 Å². The number of nitrogens with zero attached hydrogens (tertiary/aromatic N) is 4. The lowest BCUT2D eigenvalue weighted by atomic mass is 10.2. The molecular weight excluding hydrogens is 393 g/mol. The number of rotatable bonds is 6. The lowest BCUT2D eigenvalue weighted by molar-refractivity contribution is 0.292. The quantitative estimate of drug-likeness (QED) is 0.600. The molecule has 0 amide bonds. The standard InChI is InChI=1S/C17H19Cl2N5O3/c1-22-13-14(21-16(22)20-6-3-7-25)23(2)17(27)24(15(13)26)9-10-4-5-11(18)8-12(10)19/h4-5,8,25H,3,6-7,9H2,1-2H3,(H,20,21). The van der Waals surface area contributed by atoms with E-state index < -0.39 is 11.2 Å². The Hall–Kier alpha value is -2.29. The van der Waals surface area contributed by atoms with Crippen LogP contribution in [0, 0.1) is 0 Å². The van der Waals surface area contributed by atoms with Crippen molar-refractivity contribution < 1.29 is 5.11 Å². The molecule has 0 saturated heterocycles. The molecule has 0 fully saturated rings. The van der Waals surface area contributed by atoms with Crippen LogP contribution in [-0.4, -0.2) is 36.9 Å². The van der Waals surface area contributed by atoms with Crippen molar-refractivity contribution in [3.05, 3.63) is 54.6 Å². The highest BCUT2D eigenvalue weighted by molar-refractivity contribution is 6.35. The molecule has 27 heavy (non-hydrogen) atoms. The highest BCUT2D eigenvalue weighted by Gasteiger charge is 2.19. The van der Waals surface area contributed by atoms with E-state index in [0.29, 0.717) is 40.0 Å². The molecular formula is C17H19Cl2N5O3. The highest BCUT2D eigenvalue weighted by atomic mass is 35.5. The number of halogens is 2. The largest absolute Gasteiger partial charge is 0.396 e. The number of aromatic nitrogens is 4. The summed E-state index contributed by atoms with van der Waals surface area (Å²) in [7, 11) is 3.26. The van der Waals surface area contributed by atoms with Crippen molar-refractivity contribution >= 4 is 40.3 Å². The SMILES string of the molecule is Cn1c(NCCCO)nc2c1c(=O)n(Cc1ccc(Cl)cc1Cl)c(=O)n2C. The Morgan fingerprint density at radius 2 is 1.93 bits per heavy atom. The number of hydrogen-bond donors (Lipinski definition) is 2. The van der Waals surface area contributed by atoms with Crippen LogP contribution in [0.5, 0.6) is 0 Å². The fraction of sp³-hybridized carbons (Fsp3) is 0.353. The van der Waals surface area contributed by atoms with Crippen LogP contribution in [0.2, 0.25) is 10.0 Å². The molecule has 3 aromatic rings. The van der Waals surface area contributed by atoms with Crippen molar-refractivity contribution in [1.29, 1.82) is 0 Å². The van der Waals surface area contributed by atoms with Gasteiger partial charge in [0.15, 0.2) is 11.2 Å². The van der Waals surface area contributed by atoms with Gasteiger partial charge in [-0.3, -0.25) is 13.9 Å². The van der Waals surface area contributed by atoms with Gasteiger partial charge in [0.1, 0.15) is 0 Å². The minimum absolute atomic E-state index is 0.0237. The summed E-state index contributed by atoms with van der Waals surface area (Å²) in [6, 6.07) is 4.91. The number of imidazole rings is 1. The van der Waals surface area contributed by atoms with Crippen LogP contribution in [0.4, 0.5) is 5.95 Å². The summed E-state index contributed by atoms with van der Waals surface area (Å²) in [6.07, 6.45) is 0.543. The molecule has 0 saturated carbocycles. The van der Waals surface area contributed by atoms with Gasteiger partial charge >= 0.3 is 5.69 Å². The third-order valence-electron chi connectivity index (χ3n) is 4.32. The van der Waals surface area contributed by atoms with E-state index in [0.717, 1.165) is 4.57 Å². The summed E-state index contributed by atoms with van der Waals surface area (Å²) in [5, 5.41) is 12.8. The highest BCUT2D eigenvalue weighted by Crippen LogP contribution is 2.21. The van der Waals surface area contributed by atoms with Crippen LogP contribution in [0.15, 0.2) is 27.8 Å². The first-order chi connectivity index (χ1) is 12.8. The smallest absolute Gasteiger partial charge is 0.332 e. The second-order valence-corrected chi connectivity index (χ2v) is 6.98. The van der Waals surface area contributed by atoms with Crippen molar-refractivity contribution in [2.45, 2.75) is 13.0 Å². The van der Waals surface area contributed by atoms with Gasteiger partial charge in [-0.1, -0.05) is 29.3 Å². The van der Waals surface area contributed by atoms with Crippen molar-refractivity contribution in [2.75, 3.05) is 18.5 Å². The van der Waals surface area contributed by atoms with E-state index in [9.17, 15) is 9.59 Å². The van der Waals surface area contributed by atoms with Crippen molar-refractivity contribution in [1.82, 2.24) is 18.7 Å². The molecule has 3 rings (SSSR count). The van der Waals surface area contributed by atoms with Gasteiger partial charge in [-0.05, 0) is 24.1 Å². The number of benzene rings is 1.